The van der Waals surface area contributed by atoms with E-state index in [1.165, 1.54) is 13.2 Å². The Labute approximate surface area is 116 Å². The second-order valence-electron chi connectivity index (χ2n) is 4.30. The first-order valence-corrected chi connectivity index (χ1v) is 6.11. The van der Waals surface area contributed by atoms with Gasteiger partial charge in [0.1, 0.15) is 5.69 Å². The van der Waals surface area contributed by atoms with Crippen LogP contribution in [0, 0.1) is 0 Å². The molecule has 20 heavy (non-hydrogen) atoms. The lowest BCUT2D eigenvalue weighted by Crippen LogP contribution is -2.38. The fourth-order valence-electron chi connectivity index (χ4n) is 1.40. The van der Waals surface area contributed by atoms with Crippen molar-refractivity contribution in [1.29, 1.82) is 0 Å². The van der Waals surface area contributed by atoms with Crippen molar-refractivity contribution < 1.29 is 24.2 Å². The Balaban J connectivity index is 2.65. The molecule has 0 aliphatic heterocycles. The Morgan fingerprint density at radius 2 is 2.10 bits per heavy atom. The van der Waals surface area contributed by atoms with Crippen LogP contribution in [0.25, 0.3) is 0 Å². The number of nitrogens with one attached hydrogen (secondary N) is 1. The number of pyridine rings is 1. The van der Waals surface area contributed by atoms with Gasteiger partial charge in [-0.1, -0.05) is 6.07 Å². The average Bonchev–Trinajstić information content (AvgIpc) is 2.38. The lowest BCUT2D eigenvalue weighted by atomic mass is 10.3. The summed E-state index contributed by atoms with van der Waals surface area (Å²) >= 11 is 0. The molecule has 0 radical (unpaired) electrons. The van der Waals surface area contributed by atoms with Crippen molar-refractivity contribution in [2.24, 2.45) is 0 Å². The highest BCUT2D eigenvalue weighted by atomic mass is 16.5. The minimum Gasteiger partial charge on any atom is -0.479 e. The van der Waals surface area contributed by atoms with Crippen molar-refractivity contribution in [2.75, 3.05) is 13.7 Å². The summed E-state index contributed by atoms with van der Waals surface area (Å²) in [5.74, 6) is -1.28. The van der Waals surface area contributed by atoms with Crippen molar-refractivity contribution >= 4 is 11.9 Å². The number of rotatable bonds is 7. The highest BCUT2D eigenvalue weighted by Crippen LogP contribution is 2.09. The number of carbonyl (C=O) groups is 2. The van der Waals surface area contributed by atoms with Gasteiger partial charge in [0.05, 0.1) is 12.6 Å². The highest BCUT2D eigenvalue weighted by molar-refractivity contribution is 5.92. The third-order valence-electron chi connectivity index (χ3n) is 2.32. The van der Waals surface area contributed by atoms with Crippen LogP contribution in [-0.2, 0) is 9.53 Å². The second kappa shape index (κ2) is 7.44. The van der Waals surface area contributed by atoms with Crippen molar-refractivity contribution in [3.63, 3.8) is 0 Å². The topological polar surface area (TPSA) is 97.8 Å². The Kier molecular flexibility index (Phi) is 5.92. The molecule has 0 saturated heterocycles. The first-order chi connectivity index (χ1) is 9.43. The minimum absolute atomic E-state index is 0.0503. The number of methoxy groups -OCH3 is 1. The standard InChI is InChI=1S/C13H18N2O5/c1-8(2)20-11-6-4-5-9(15-11)12(16)14-7-10(19-3)13(17)18/h4-6,8,10H,7H2,1-3H3,(H,14,16)(H,17,18). The molecule has 1 amide bonds. The zero-order valence-electron chi connectivity index (χ0n) is 11.6. The van der Waals surface area contributed by atoms with Gasteiger partial charge in [-0.25, -0.2) is 9.78 Å². The number of hydrogen-bond donors (Lipinski definition) is 2. The van der Waals surface area contributed by atoms with Gasteiger partial charge in [-0.15, -0.1) is 0 Å². The smallest absolute Gasteiger partial charge is 0.334 e. The fourth-order valence-corrected chi connectivity index (χ4v) is 1.40. The lowest BCUT2D eigenvalue weighted by molar-refractivity contribution is -0.148. The van der Waals surface area contributed by atoms with Gasteiger partial charge in [-0.2, -0.15) is 0 Å². The van der Waals surface area contributed by atoms with Crippen LogP contribution in [-0.4, -0.2) is 47.8 Å². The maximum absolute atomic E-state index is 11.8. The van der Waals surface area contributed by atoms with Gasteiger partial charge in [0.25, 0.3) is 5.91 Å². The van der Waals surface area contributed by atoms with Crippen LogP contribution in [0.4, 0.5) is 0 Å². The van der Waals surface area contributed by atoms with E-state index in [4.69, 9.17) is 14.6 Å². The molecule has 1 aromatic rings. The summed E-state index contributed by atoms with van der Waals surface area (Å²) in [5, 5.41) is 11.2. The zero-order chi connectivity index (χ0) is 15.1. The van der Waals surface area contributed by atoms with E-state index in [2.05, 4.69) is 10.3 Å². The third-order valence-corrected chi connectivity index (χ3v) is 2.32. The van der Waals surface area contributed by atoms with E-state index in [-0.39, 0.29) is 18.3 Å². The van der Waals surface area contributed by atoms with Gasteiger partial charge in [-0.3, -0.25) is 4.79 Å². The van der Waals surface area contributed by atoms with Gasteiger partial charge in [-0.05, 0) is 19.9 Å². The number of carboxylic acids is 1. The highest BCUT2D eigenvalue weighted by Gasteiger charge is 2.18. The molecule has 1 rings (SSSR count). The summed E-state index contributed by atoms with van der Waals surface area (Å²) in [4.78, 5) is 26.6. The molecule has 0 aliphatic rings. The van der Waals surface area contributed by atoms with Crippen LogP contribution in [0.2, 0.25) is 0 Å². The molecule has 0 aromatic carbocycles. The van der Waals surface area contributed by atoms with Crippen LogP contribution < -0.4 is 10.1 Å². The quantitative estimate of drug-likeness (QED) is 0.764. The molecular formula is C13H18N2O5. The average molecular weight is 282 g/mol. The maximum atomic E-state index is 11.8. The molecule has 7 heteroatoms. The van der Waals surface area contributed by atoms with Crippen molar-refractivity contribution in [2.45, 2.75) is 26.1 Å². The van der Waals surface area contributed by atoms with Gasteiger partial charge in [0.2, 0.25) is 5.88 Å². The molecule has 0 saturated carbocycles. The Morgan fingerprint density at radius 1 is 1.40 bits per heavy atom. The summed E-state index contributed by atoms with van der Waals surface area (Å²) in [6.07, 6.45) is -1.14. The molecule has 0 fully saturated rings. The van der Waals surface area contributed by atoms with Gasteiger partial charge < -0.3 is 19.9 Å². The van der Waals surface area contributed by atoms with Crippen LogP contribution in [0.15, 0.2) is 18.2 Å². The van der Waals surface area contributed by atoms with Crippen molar-refractivity contribution in [3.8, 4) is 5.88 Å². The van der Waals surface area contributed by atoms with Crippen LogP contribution in [0.1, 0.15) is 24.3 Å². The number of nitrogens with zero attached hydrogens (tertiary/aromatic N) is 1. The summed E-state index contributed by atoms with van der Waals surface area (Å²) in [6.45, 7) is 3.57. The minimum atomic E-state index is -1.14. The molecule has 2 N–H and O–H groups in total. The molecule has 7 nitrogen and oxygen atoms in total. The van der Waals surface area contributed by atoms with Gasteiger partial charge in [0.15, 0.2) is 6.10 Å². The number of ether oxygens (including phenoxy) is 2. The molecule has 1 unspecified atom stereocenters. The molecular weight excluding hydrogens is 264 g/mol. The number of aromatic nitrogens is 1. The predicted molar refractivity (Wildman–Crippen MR) is 70.8 cm³/mol. The molecule has 110 valence electrons. The first-order valence-electron chi connectivity index (χ1n) is 6.11. The van der Waals surface area contributed by atoms with Crippen molar-refractivity contribution in [1.82, 2.24) is 10.3 Å². The molecule has 1 atom stereocenters. The first kappa shape index (κ1) is 15.9. The van der Waals surface area contributed by atoms with Gasteiger partial charge >= 0.3 is 5.97 Å². The number of hydrogen-bond acceptors (Lipinski definition) is 5. The van der Waals surface area contributed by atoms with Crippen LogP contribution >= 0.6 is 0 Å². The number of carboxylic acid groups (broad SMARTS) is 1. The largest absolute Gasteiger partial charge is 0.479 e. The number of carbonyl (C=O) groups excluding carboxylic acids is 1. The van der Waals surface area contributed by atoms with Crippen LogP contribution in [0.3, 0.4) is 0 Å². The fraction of sp³-hybridized carbons (Fsp3) is 0.462. The summed E-state index contributed by atoms with van der Waals surface area (Å²) in [6, 6.07) is 4.81. The Morgan fingerprint density at radius 3 is 2.65 bits per heavy atom. The lowest BCUT2D eigenvalue weighted by Gasteiger charge is -2.12. The van der Waals surface area contributed by atoms with E-state index >= 15 is 0 Å². The van der Waals surface area contributed by atoms with Crippen LogP contribution in [0.5, 0.6) is 5.88 Å². The monoisotopic (exact) mass is 282 g/mol. The summed E-state index contributed by atoms with van der Waals surface area (Å²) < 4.78 is 10.1. The summed E-state index contributed by atoms with van der Waals surface area (Å²) in [7, 11) is 1.26. The molecule has 0 bridgehead atoms. The van der Waals surface area contributed by atoms with E-state index in [0.717, 1.165) is 0 Å². The predicted octanol–water partition coefficient (Wildman–Crippen LogP) is 0.698. The number of amides is 1. The van der Waals surface area contributed by atoms with E-state index in [0.29, 0.717) is 5.88 Å². The summed E-state index contributed by atoms with van der Waals surface area (Å²) in [5.41, 5.74) is 0.156. The zero-order valence-corrected chi connectivity index (χ0v) is 11.6. The van der Waals surface area contributed by atoms with Crippen molar-refractivity contribution in [3.05, 3.63) is 23.9 Å². The van der Waals surface area contributed by atoms with E-state index < -0.39 is 18.0 Å². The second-order valence-corrected chi connectivity index (χ2v) is 4.30. The van der Waals surface area contributed by atoms with Gasteiger partial charge in [0, 0.05) is 13.2 Å². The van der Waals surface area contributed by atoms with E-state index in [1.807, 2.05) is 13.8 Å². The van der Waals surface area contributed by atoms with E-state index in [1.54, 1.807) is 12.1 Å². The molecule has 1 heterocycles. The third kappa shape index (κ3) is 4.85. The maximum Gasteiger partial charge on any atom is 0.334 e. The Hall–Kier alpha value is -2.15. The normalized spacial score (nSPS) is 12.0. The Bertz CT molecular complexity index is 476. The van der Waals surface area contributed by atoms with E-state index in [9.17, 15) is 9.59 Å². The molecule has 0 spiro atoms. The SMILES string of the molecule is COC(CNC(=O)c1cccc(OC(C)C)n1)C(=O)O. The molecule has 1 aromatic heterocycles. The number of aliphatic carboxylic acids is 1. The molecule has 0 aliphatic carbocycles.